The fraction of sp³-hybridized carbons (Fsp3) is 0.167. The van der Waals surface area contributed by atoms with Crippen LogP contribution in [0.4, 0.5) is 5.69 Å². The average molecular weight is 367 g/mol. The van der Waals surface area contributed by atoms with Gasteiger partial charge in [0.25, 0.3) is 0 Å². The Kier molecular flexibility index (Phi) is 7.44. The van der Waals surface area contributed by atoms with Crippen molar-refractivity contribution in [2.24, 2.45) is 0 Å². The van der Waals surface area contributed by atoms with E-state index in [9.17, 15) is 10.1 Å². The number of aromatic nitrogens is 1. The van der Waals surface area contributed by atoms with Crippen LogP contribution >= 0.6 is 55.1 Å². The molecule has 0 aliphatic rings. The van der Waals surface area contributed by atoms with E-state index in [1.807, 2.05) is 0 Å². The molecule has 78 valence electrons. The monoisotopic (exact) mass is 364 g/mol. The van der Waals surface area contributed by atoms with E-state index in [0.29, 0.717) is 4.47 Å². The molecule has 0 bridgehead atoms. The van der Waals surface area contributed by atoms with Crippen molar-refractivity contribution in [3.05, 3.63) is 31.5 Å². The number of hydrogen-bond acceptors (Lipinski definition) is 3. The predicted octanol–water partition coefficient (Wildman–Crippen LogP) is 3.94. The molecule has 0 fully saturated rings. The molecule has 0 spiro atoms. The molecule has 0 N–H and O–H groups in total. The van der Waals surface area contributed by atoms with Crippen LogP contribution in [0.2, 0.25) is 0 Å². The molecule has 14 heavy (non-hydrogen) atoms. The summed E-state index contributed by atoms with van der Waals surface area (Å²) in [5, 5.41) is 10.5. The van der Waals surface area contributed by atoms with Crippen LogP contribution in [-0.2, 0) is 0 Å². The molecule has 4 nitrogen and oxygen atoms in total. The molecule has 0 aliphatic heterocycles. The van der Waals surface area contributed by atoms with Crippen LogP contribution in [0.25, 0.3) is 0 Å². The van der Waals surface area contributed by atoms with E-state index in [4.69, 9.17) is 23.2 Å². The molecule has 1 rings (SSSR count). The van der Waals surface area contributed by atoms with Gasteiger partial charge in [-0.15, -0.1) is 23.2 Å². The van der Waals surface area contributed by atoms with E-state index in [1.54, 1.807) is 0 Å². The van der Waals surface area contributed by atoms with Gasteiger partial charge in [0.2, 0.25) is 0 Å². The third kappa shape index (κ3) is 4.54. The van der Waals surface area contributed by atoms with Crippen LogP contribution < -0.4 is 0 Å². The van der Waals surface area contributed by atoms with Crippen LogP contribution in [0, 0.1) is 10.1 Å². The first-order chi connectivity index (χ1) is 6.54. The van der Waals surface area contributed by atoms with Crippen molar-refractivity contribution in [2.45, 2.75) is 0 Å². The first kappa shape index (κ1) is 14.1. The Morgan fingerprint density at radius 1 is 1.50 bits per heavy atom. The highest BCUT2D eigenvalue weighted by Gasteiger charge is 2.16. The summed E-state index contributed by atoms with van der Waals surface area (Å²) in [6.07, 6.45) is 1.47. The Morgan fingerprint density at radius 2 is 2.00 bits per heavy atom. The van der Waals surface area contributed by atoms with Crippen LogP contribution in [0.15, 0.2) is 21.3 Å². The van der Waals surface area contributed by atoms with E-state index in [-0.39, 0.29) is 15.6 Å². The van der Waals surface area contributed by atoms with Gasteiger partial charge in [0.05, 0.1) is 14.7 Å². The maximum atomic E-state index is 10.3. The lowest BCUT2D eigenvalue weighted by atomic mass is 10.4. The van der Waals surface area contributed by atoms with E-state index >= 15 is 0 Å². The van der Waals surface area contributed by atoms with Crippen molar-refractivity contribution < 1.29 is 4.92 Å². The van der Waals surface area contributed by atoms with Crippen molar-refractivity contribution >= 4 is 60.7 Å². The standard InChI is InChI=1S/C5H2Br2N2O2.CH2Cl2/c6-3-1-2-8-5(7)4(3)9(10)11;2-1-3/h1-2H;1H2. The van der Waals surface area contributed by atoms with Gasteiger partial charge in [-0.3, -0.25) is 10.1 Å². The minimum atomic E-state index is -0.499. The molecule has 0 atom stereocenters. The summed E-state index contributed by atoms with van der Waals surface area (Å²) in [6, 6.07) is 1.52. The summed E-state index contributed by atoms with van der Waals surface area (Å²) in [6.45, 7) is 0. The van der Waals surface area contributed by atoms with Gasteiger partial charge in [0.1, 0.15) is 0 Å². The second-order valence-electron chi connectivity index (χ2n) is 1.79. The largest absolute Gasteiger partial charge is 0.315 e. The van der Waals surface area contributed by atoms with E-state index < -0.39 is 4.92 Å². The Labute approximate surface area is 107 Å². The van der Waals surface area contributed by atoms with Crippen molar-refractivity contribution in [1.29, 1.82) is 0 Å². The molecule has 1 aromatic rings. The van der Waals surface area contributed by atoms with Gasteiger partial charge in [-0.1, -0.05) is 0 Å². The van der Waals surface area contributed by atoms with Gasteiger partial charge in [-0.25, -0.2) is 4.98 Å². The molecule has 0 saturated carbocycles. The van der Waals surface area contributed by atoms with E-state index in [1.165, 1.54) is 12.3 Å². The number of alkyl halides is 2. The zero-order valence-electron chi connectivity index (χ0n) is 6.58. The maximum absolute atomic E-state index is 10.3. The molecule has 1 aromatic heterocycles. The second-order valence-corrected chi connectivity index (χ2v) is 4.20. The minimum absolute atomic E-state index is 0.0486. The smallest absolute Gasteiger partial charge is 0.258 e. The number of rotatable bonds is 1. The average Bonchev–Trinajstić information content (AvgIpc) is 2.04. The number of halogens is 4. The van der Waals surface area contributed by atoms with Gasteiger partial charge in [0, 0.05) is 6.20 Å². The van der Waals surface area contributed by atoms with E-state index in [2.05, 4.69) is 36.8 Å². The van der Waals surface area contributed by atoms with Gasteiger partial charge < -0.3 is 0 Å². The third-order valence-electron chi connectivity index (χ3n) is 1.01. The molecule has 0 saturated heterocycles. The highest BCUT2D eigenvalue weighted by molar-refractivity contribution is 9.11. The lowest BCUT2D eigenvalue weighted by molar-refractivity contribution is -0.386. The van der Waals surface area contributed by atoms with Gasteiger partial charge >= 0.3 is 5.69 Å². The van der Waals surface area contributed by atoms with Crippen LogP contribution in [0.3, 0.4) is 0 Å². The first-order valence-corrected chi connectivity index (χ1v) is 5.76. The zero-order valence-corrected chi connectivity index (χ0v) is 11.3. The minimum Gasteiger partial charge on any atom is -0.258 e. The fourth-order valence-corrected chi connectivity index (χ4v) is 1.76. The molecule has 1 heterocycles. The van der Waals surface area contributed by atoms with Crippen molar-refractivity contribution in [1.82, 2.24) is 4.98 Å². The maximum Gasteiger partial charge on any atom is 0.315 e. The molecule has 0 radical (unpaired) electrons. The number of hydrogen-bond donors (Lipinski definition) is 0. The van der Waals surface area contributed by atoms with E-state index in [0.717, 1.165) is 0 Å². The summed E-state index contributed by atoms with van der Waals surface area (Å²) in [5.74, 6) is 0. The fourth-order valence-electron chi connectivity index (χ4n) is 0.569. The highest BCUT2D eigenvalue weighted by Crippen LogP contribution is 2.30. The number of nitrogens with zero attached hydrogens (tertiary/aromatic N) is 2. The van der Waals surface area contributed by atoms with Gasteiger partial charge in [0.15, 0.2) is 4.60 Å². The summed E-state index contributed by atoms with van der Waals surface area (Å²) < 4.78 is 0.654. The molecule has 0 unspecified atom stereocenters. The Balaban J connectivity index is 0.000000500. The van der Waals surface area contributed by atoms with Crippen molar-refractivity contribution in [3.8, 4) is 0 Å². The number of pyridine rings is 1. The molecule has 0 aromatic carbocycles. The molecule has 0 aliphatic carbocycles. The Morgan fingerprint density at radius 3 is 2.29 bits per heavy atom. The summed E-state index contributed by atoms with van der Waals surface area (Å²) in [7, 11) is 0. The molecular weight excluding hydrogens is 363 g/mol. The topological polar surface area (TPSA) is 56.0 Å². The zero-order chi connectivity index (χ0) is 11.1. The van der Waals surface area contributed by atoms with Gasteiger partial charge in [-0.2, -0.15) is 0 Å². The Bertz CT molecular complexity index is 304. The molecule has 8 heteroatoms. The lowest BCUT2D eigenvalue weighted by Gasteiger charge is -1.94. The number of nitro groups is 1. The van der Waals surface area contributed by atoms with Crippen molar-refractivity contribution in [3.63, 3.8) is 0 Å². The molecule has 0 amide bonds. The quantitative estimate of drug-likeness (QED) is 0.327. The third-order valence-corrected chi connectivity index (χ3v) is 2.23. The summed E-state index contributed by atoms with van der Waals surface area (Å²) >= 11 is 15.5. The highest BCUT2D eigenvalue weighted by atomic mass is 79.9. The van der Waals surface area contributed by atoms with Crippen molar-refractivity contribution in [2.75, 3.05) is 5.34 Å². The lowest BCUT2D eigenvalue weighted by Crippen LogP contribution is -1.91. The summed E-state index contributed by atoms with van der Waals surface area (Å²) in [4.78, 5) is 13.6. The van der Waals surface area contributed by atoms with Crippen LogP contribution in [0.5, 0.6) is 0 Å². The first-order valence-electron chi connectivity index (χ1n) is 3.11. The predicted molar refractivity (Wildman–Crippen MR) is 62.9 cm³/mol. The Hall–Kier alpha value is 0.0900. The summed E-state index contributed by atoms with van der Waals surface area (Å²) in [5.41, 5.74) is -0.0486. The van der Waals surface area contributed by atoms with Crippen LogP contribution in [0.1, 0.15) is 0 Å². The molecular formula is C6H4Br2Cl2N2O2. The van der Waals surface area contributed by atoms with Gasteiger partial charge in [-0.05, 0) is 37.9 Å². The SMILES string of the molecule is ClCCl.O=[N+]([O-])c1c(Br)ccnc1Br. The normalized spacial score (nSPS) is 8.86. The second kappa shape index (κ2) is 7.39. The van der Waals surface area contributed by atoms with Crippen LogP contribution in [-0.4, -0.2) is 15.2 Å².